The molecule has 4 rings (SSSR count). The number of nitrogens with one attached hydrogen (secondary N) is 2. The van der Waals surface area contributed by atoms with Crippen molar-refractivity contribution < 1.29 is 28.3 Å². The Kier molecular flexibility index (Phi) is 6.77. The van der Waals surface area contributed by atoms with Crippen LogP contribution in [-0.2, 0) is 11.2 Å². The number of carboxylic acid groups (broad SMARTS) is 1. The molecule has 0 spiro atoms. The van der Waals surface area contributed by atoms with Gasteiger partial charge in [-0.1, -0.05) is 36.4 Å². The highest BCUT2D eigenvalue weighted by Gasteiger charge is 2.25. The van der Waals surface area contributed by atoms with Crippen LogP contribution in [0.4, 0.5) is 14.5 Å². The summed E-state index contributed by atoms with van der Waals surface area (Å²) in [5.41, 5.74) is 1.30. The van der Waals surface area contributed by atoms with Crippen molar-refractivity contribution in [1.82, 2.24) is 10.3 Å². The number of carbonyl (C=O) groups excluding carboxylic acids is 2. The van der Waals surface area contributed by atoms with Crippen molar-refractivity contribution in [3.63, 3.8) is 0 Å². The molecule has 0 bridgehead atoms. The van der Waals surface area contributed by atoms with Crippen LogP contribution in [0.15, 0.2) is 79.0 Å². The Balaban J connectivity index is 1.45. The second-order valence-corrected chi connectivity index (χ2v) is 7.69. The zero-order chi connectivity index (χ0) is 24.9. The number of fused-ring (bicyclic) bond motifs is 1. The van der Waals surface area contributed by atoms with Crippen molar-refractivity contribution >= 4 is 34.4 Å². The number of aromatic nitrogens is 1. The van der Waals surface area contributed by atoms with E-state index in [9.17, 15) is 28.3 Å². The first kappa shape index (κ1) is 23.5. The average Bonchev–Trinajstić information content (AvgIpc) is 2.84. The Morgan fingerprint density at radius 3 is 2.23 bits per heavy atom. The topological polar surface area (TPSA) is 108 Å². The van der Waals surface area contributed by atoms with Crippen molar-refractivity contribution in [2.75, 3.05) is 5.32 Å². The maximum Gasteiger partial charge on any atom is 0.326 e. The fraction of sp³-hybridized carbons (Fsp3) is 0.0769. The monoisotopic (exact) mass is 475 g/mol. The number of hydrogen-bond acceptors (Lipinski definition) is 4. The number of nitrogens with zero attached hydrogens (tertiary/aromatic N) is 1. The molecule has 0 aliphatic heterocycles. The van der Waals surface area contributed by atoms with Crippen LogP contribution in [0.25, 0.3) is 10.9 Å². The van der Waals surface area contributed by atoms with Crippen molar-refractivity contribution in [3.05, 3.63) is 107 Å². The number of benzene rings is 3. The molecule has 1 unspecified atom stereocenters. The molecule has 9 heteroatoms. The summed E-state index contributed by atoms with van der Waals surface area (Å²) in [6.07, 6.45) is 1.41. The smallest absolute Gasteiger partial charge is 0.326 e. The number of pyridine rings is 1. The molecule has 3 N–H and O–H groups in total. The molecule has 4 aromatic rings. The summed E-state index contributed by atoms with van der Waals surface area (Å²) >= 11 is 0. The molecule has 7 nitrogen and oxygen atoms in total. The number of hydrogen-bond donors (Lipinski definition) is 3. The highest BCUT2D eigenvalue weighted by molar-refractivity contribution is 6.12. The van der Waals surface area contributed by atoms with E-state index in [1.165, 1.54) is 0 Å². The molecule has 0 radical (unpaired) electrons. The van der Waals surface area contributed by atoms with Gasteiger partial charge in [-0.2, -0.15) is 0 Å². The predicted octanol–water partition coefficient (Wildman–Crippen LogP) is 4.19. The number of carbonyl (C=O) groups is 3. The van der Waals surface area contributed by atoms with Crippen LogP contribution in [-0.4, -0.2) is 33.9 Å². The number of amides is 2. The third kappa shape index (κ3) is 5.30. The molecule has 0 fully saturated rings. The Bertz CT molecular complexity index is 1400. The normalized spacial score (nSPS) is 11.6. The van der Waals surface area contributed by atoms with Gasteiger partial charge in [-0.15, -0.1) is 0 Å². The zero-order valence-electron chi connectivity index (χ0n) is 18.2. The maximum absolute atomic E-state index is 13.9. The maximum atomic E-state index is 13.9. The van der Waals surface area contributed by atoms with E-state index in [2.05, 4.69) is 15.6 Å². The van der Waals surface area contributed by atoms with Gasteiger partial charge in [-0.25, -0.2) is 13.6 Å². The molecule has 0 saturated carbocycles. The highest BCUT2D eigenvalue weighted by Crippen LogP contribution is 2.19. The average molecular weight is 475 g/mol. The number of halogens is 2. The van der Waals surface area contributed by atoms with E-state index in [-0.39, 0.29) is 12.3 Å². The van der Waals surface area contributed by atoms with Crippen molar-refractivity contribution in [3.8, 4) is 0 Å². The van der Waals surface area contributed by atoms with Crippen molar-refractivity contribution in [2.45, 2.75) is 12.5 Å². The van der Waals surface area contributed by atoms with Crippen molar-refractivity contribution in [2.24, 2.45) is 0 Å². The van der Waals surface area contributed by atoms with Crippen molar-refractivity contribution in [1.29, 1.82) is 0 Å². The van der Waals surface area contributed by atoms with E-state index >= 15 is 0 Å². The molecular weight excluding hydrogens is 456 g/mol. The minimum Gasteiger partial charge on any atom is -0.480 e. The lowest BCUT2D eigenvalue weighted by atomic mass is 10.0. The Hall–Kier alpha value is -4.66. The highest BCUT2D eigenvalue weighted by atomic mass is 19.1. The van der Waals surface area contributed by atoms with Gasteiger partial charge in [0.2, 0.25) is 0 Å². The second kappa shape index (κ2) is 10.1. The standard InChI is InChI=1S/C26H19F2N3O4/c27-19-5-3-6-20(28)23(19)25(33)31-22(26(34)35)14-15-8-10-16(11-9-15)30-24(32)18-12-13-29-21-7-2-1-4-17(18)21/h1-13,22H,14H2,(H,30,32)(H,31,33)(H,34,35). The van der Waals surface area contributed by atoms with E-state index in [0.29, 0.717) is 27.7 Å². The lowest BCUT2D eigenvalue weighted by Gasteiger charge is -2.16. The summed E-state index contributed by atoms with van der Waals surface area (Å²) in [4.78, 5) is 40.9. The van der Waals surface area contributed by atoms with Crippen LogP contribution in [0.3, 0.4) is 0 Å². The molecular formula is C26H19F2N3O4. The number of rotatable bonds is 7. The fourth-order valence-electron chi connectivity index (χ4n) is 3.60. The molecule has 0 aliphatic carbocycles. The van der Waals surface area contributed by atoms with Gasteiger partial charge < -0.3 is 15.7 Å². The van der Waals surface area contributed by atoms with Crippen LogP contribution in [0.1, 0.15) is 26.3 Å². The molecule has 0 aliphatic rings. The SMILES string of the molecule is O=C(NC(Cc1ccc(NC(=O)c2ccnc3ccccc23)cc1)C(=O)O)c1c(F)cccc1F. The number of carboxylic acids is 1. The molecule has 1 atom stereocenters. The zero-order valence-corrected chi connectivity index (χ0v) is 18.2. The van der Waals surface area contributed by atoms with Gasteiger partial charge in [0.05, 0.1) is 11.1 Å². The van der Waals surface area contributed by atoms with Gasteiger partial charge in [0.25, 0.3) is 11.8 Å². The van der Waals surface area contributed by atoms with E-state index in [1.807, 2.05) is 12.1 Å². The largest absolute Gasteiger partial charge is 0.480 e. The Labute approximate surface area is 198 Å². The minimum absolute atomic E-state index is 0.139. The quantitative estimate of drug-likeness (QED) is 0.372. The van der Waals surface area contributed by atoms with Crippen LogP contribution < -0.4 is 10.6 Å². The molecule has 176 valence electrons. The molecule has 1 aromatic heterocycles. The molecule has 3 aromatic carbocycles. The van der Waals surface area contributed by atoms with E-state index in [4.69, 9.17) is 0 Å². The summed E-state index contributed by atoms with van der Waals surface area (Å²) in [5, 5.41) is 15.1. The van der Waals surface area contributed by atoms with Gasteiger partial charge in [0.15, 0.2) is 0 Å². The number of aliphatic carboxylic acids is 1. The molecule has 35 heavy (non-hydrogen) atoms. The molecule has 1 heterocycles. The Morgan fingerprint density at radius 1 is 0.857 bits per heavy atom. The lowest BCUT2D eigenvalue weighted by Crippen LogP contribution is -2.42. The van der Waals surface area contributed by atoms with Gasteiger partial charge >= 0.3 is 5.97 Å². The summed E-state index contributed by atoms with van der Waals surface area (Å²) < 4.78 is 27.7. The summed E-state index contributed by atoms with van der Waals surface area (Å²) in [5.74, 6) is -5.04. The lowest BCUT2D eigenvalue weighted by molar-refractivity contribution is -0.139. The van der Waals surface area contributed by atoms with Crippen LogP contribution in [0, 0.1) is 11.6 Å². The number of para-hydroxylation sites is 1. The third-order valence-electron chi connectivity index (χ3n) is 5.34. The fourth-order valence-corrected chi connectivity index (χ4v) is 3.60. The van der Waals surface area contributed by atoms with Crippen LogP contribution in [0.5, 0.6) is 0 Å². The molecule has 0 saturated heterocycles. The van der Waals surface area contributed by atoms with Crippen LogP contribution >= 0.6 is 0 Å². The predicted molar refractivity (Wildman–Crippen MR) is 125 cm³/mol. The van der Waals surface area contributed by atoms with E-state index < -0.39 is 35.1 Å². The molecule has 2 amide bonds. The third-order valence-corrected chi connectivity index (χ3v) is 5.34. The van der Waals surface area contributed by atoms with Gasteiger partial charge in [-0.05, 0) is 42.0 Å². The Morgan fingerprint density at radius 2 is 1.54 bits per heavy atom. The first-order chi connectivity index (χ1) is 16.8. The number of anilines is 1. The first-order valence-corrected chi connectivity index (χ1v) is 10.5. The van der Waals surface area contributed by atoms with Gasteiger partial charge in [0, 0.05) is 23.7 Å². The minimum atomic E-state index is -1.43. The second-order valence-electron chi connectivity index (χ2n) is 7.69. The summed E-state index contributed by atoms with van der Waals surface area (Å²) in [7, 11) is 0. The van der Waals surface area contributed by atoms with E-state index in [1.54, 1.807) is 48.7 Å². The summed E-state index contributed by atoms with van der Waals surface area (Å²) in [6.45, 7) is 0. The first-order valence-electron chi connectivity index (χ1n) is 10.5. The van der Waals surface area contributed by atoms with Gasteiger partial charge in [-0.3, -0.25) is 14.6 Å². The van der Waals surface area contributed by atoms with Crippen LogP contribution in [0.2, 0.25) is 0 Å². The van der Waals surface area contributed by atoms with Gasteiger partial charge in [0.1, 0.15) is 23.2 Å². The van der Waals surface area contributed by atoms with E-state index in [0.717, 1.165) is 18.2 Å². The summed E-state index contributed by atoms with van der Waals surface area (Å²) in [6, 6.07) is 16.7.